The number of halogens is 2. The summed E-state index contributed by atoms with van der Waals surface area (Å²) < 4.78 is 18.4. The van der Waals surface area contributed by atoms with Gasteiger partial charge in [0, 0.05) is 43.8 Å². The first-order valence-electron chi connectivity index (χ1n) is 10.7. The SMILES string of the molecule is O=C(Cn1cccn1)NC1CCN(c2c(F)cc3c(=O)c(C(=O)O)cn(C4CC4)c3c2Cl)C1. The number of carboxylic acids is 1. The molecule has 1 saturated carbocycles. The molecule has 2 fully saturated rings. The molecule has 0 spiro atoms. The number of pyridine rings is 1. The minimum absolute atomic E-state index is 0.0231. The van der Waals surface area contributed by atoms with Crippen LogP contribution >= 0.6 is 11.6 Å². The molecule has 1 unspecified atom stereocenters. The van der Waals surface area contributed by atoms with E-state index in [2.05, 4.69) is 10.4 Å². The van der Waals surface area contributed by atoms with Gasteiger partial charge in [-0.1, -0.05) is 11.6 Å². The van der Waals surface area contributed by atoms with Crippen molar-refractivity contribution in [3.8, 4) is 0 Å². The average molecular weight is 474 g/mol. The minimum atomic E-state index is -1.36. The molecule has 3 heterocycles. The molecule has 1 amide bonds. The van der Waals surface area contributed by atoms with Crippen LogP contribution < -0.4 is 15.6 Å². The highest BCUT2D eigenvalue weighted by Gasteiger charge is 2.32. The number of aromatic nitrogens is 3. The summed E-state index contributed by atoms with van der Waals surface area (Å²) in [5.41, 5.74) is -0.660. The second-order valence-electron chi connectivity index (χ2n) is 8.44. The molecule has 3 aromatic rings. The number of amides is 1. The number of rotatable bonds is 6. The lowest BCUT2D eigenvalue weighted by Gasteiger charge is -2.23. The van der Waals surface area contributed by atoms with Gasteiger partial charge in [-0.05, 0) is 31.4 Å². The van der Waals surface area contributed by atoms with Crippen LogP contribution in [0.25, 0.3) is 10.9 Å². The van der Waals surface area contributed by atoms with Gasteiger partial charge in [0.25, 0.3) is 0 Å². The summed E-state index contributed by atoms with van der Waals surface area (Å²) in [6.45, 7) is 0.914. The summed E-state index contributed by atoms with van der Waals surface area (Å²) >= 11 is 6.67. The van der Waals surface area contributed by atoms with Gasteiger partial charge < -0.3 is 19.9 Å². The molecule has 172 valence electrons. The predicted molar refractivity (Wildman–Crippen MR) is 119 cm³/mol. The van der Waals surface area contributed by atoms with E-state index in [1.807, 2.05) is 0 Å². The molecule has 1 aliphatic carbocycles. The highest BCUT2D eigenvalue weighted by atomic mass is 35.5. The van der Waals surface area contributed by atoms with Gasteiger partial charge in [0.05, 0.1) is 21.6 Å². The van der Waals surface area contributed by atoms with E-state index in [-0.39, 0.29) is 40.6 Å². The molecule has 2 N–H and O–H groups in total. The Morgan fingerprint density at radius 3 is 2.76 bits per heavy atom. The van der Waals surface area contributed by atoms with Crippen molar-refractivity contribution in [3.05, 3.63) is 57.3 Å². The van der Waals surface area contributed by atoms with Crippen LogP contribution in [0.1, 0.15) is 35.7 Å². The van der Waals surface area contributed by atoms with Crippen molar-refractivity contribution in [1.29, 1.82) is 0 Å². The number of carbonyl (C=O) groups is 2. The molecular weight excluding hydrogens is 453 g/mol. The first-order chi connectivity index (χ1) is 15.8. The van der Waals surface area contributed by atoms with Crippen LogP contribution in [0.15, 0.2) is 35.5 Å². The zero-order valence-corrected chi connectivity index (χ0v) is 18.3. The maximum Gasteiger partial charge on any atom is 0.341 e. The third-order valence-electron chi connectivity index (χ3n) is 6.09. The standard InChI is InChI=1S/C22H21ClFN5O4/c23-18-19-14(21(31)15(22(32)33)10-29(19)13-2-3-13)8-16(24)20(18)27-7-4-12(9-27)26-17(30)11-28-6-1-5-25-28/h1,5-6,8,10,12-13H,2-4,7,9,11H2,(H,26,30)(H,32,33). The van der Waals surface area contributed by atoms with Gasteiger partial charge in [0.2, 0.25) is 11.3 Å². The van der Waals surface area contributed by atoms with Crippen molar-refractivity contribution in [2.45, 2.75) is 37.9 Å². The first kappa shape index (κ1) is 21.4. The van der Waals surface area contributed by atoms with Crippen molar-refractivity contribution in [1.82, 2.24) is 19.7 Å². The van der Waals surface area contributed by atoms with Gasteiger partial charge in [0.15, 0.2) is 0 Å². The normalized spacial score (nSPS) is 18.1. The molecular formula is C22H21ClFN5O4. The largest absolute Gasteiger partial charge is 0.477 e. The zero-order valence-electron chi connectivity index (χ0n) is 17.5. The smallest absolute Gasteiger partial charge is 0.341 e. The maximum atomic E-state index is 15.2. The second kappa shape index (κ2) is 8.18. The number of nitrogens with zero attached hydrogens (tertiary/aromatic N) is 4. The Morgan fingerprint density at radius 1 is 1.30 bits per heavy atom. The third-order valence-corrected chi connectivity index (χ3v) is 6.45. The zero-order chi connectivity index (χ0) is 23.3. The lowest BCUT2D eigenvalue weighted by atomic mass is 10.1. The van der Waals surface area contributed by atoms with Crippen molar-refractivity contribution >= 4 is 40.1 Å². The quantitative estimate of drug-likeness (QED) is 0.569. The Kier molecular flexibility index (Phi) is 5.32. The van der Waals surface area contributed by atoms with Crippen molar-refractivity contribution in [2.75, 3.05) is 18.0 Å². The molecule has 2 aromatic heterocycles. The van der Waals surface area contributed by atoms with E-state index >= 15 is 4.39 Å². The predicted octanol–water partition coefficient (Wildman–Crippen LogP) is 2.42. The van der Waals surface area contributed by atoms with Gasteiger partial charge in [-0.3, -0.25) is 14.3 Å². The van der Waals surface area contributed by atoms with Crippen LogP contribution in [0.4, 0.5) is 10.1 Å². The van der Waals surface area contributed by atoms with Gasteiger partial charge >= 0.3 is 5.97 Å². The molecule has 1 atom stereocenters. The monoisotopic (exact) mass is 473 g/mol. The molecule has 2 aliphatic rings. The van der Waals surface area contributed by atoms with Crippen molar-refractivity contribution in [2.24, 2.45) is 0 Å². The Balaban J connectivity index is 1.46. The average Bonchev–Trinajstić information content (AvgIpc) is 3.29. The van der Waals surface area contributed by atoms with Crippen LogP contribution in [0.2, 0.25) is 5.02 Å². The van der Waals surface area contributed by atoms with E-state index in [1.165, 1.54) is 10.9 Å². The van der Waals surface area contributed by atoms with Gasteiger partial charge in [0.1, 0.15) is 17.9 Å². The molecule has 5 rings (SSSR count). The van der Waals surface area contributed by atoms with Crippen LogP contribution in [0, 0.1) is 5.82 Å². The van der Waals surface area contributed by atoms with E-state index in [0.717, 1.165) is 18.9 Å². The second-order valence-corrected chi connectivity index (χ2v) is 8.81. The number of hydrogen-bond donors (Lipinski definition) is 2. The van der Waals surface area contributed by atoms with Crippen LogP contribution in [0.3, 0.4) is 0 Å². The van der Waals surface area contributed by atoms with Crippen LogP contribution in [0.5, 0.6) is 0 Å². The Hall–Kier alpha value is -3.40. The van der Waals surface area contributed by atoms with E-state index in [0.29, 0.717) is 25.0 Å². The first-order valence-corrected chi connectivity index (χ1v) is 11.0. The summed E-state index contributed by atoms with van der Waals surface area (Å²) in [7, 11) is 0. The summed E-state index contributed by atoms with van der Waals surface area (Å²) in [4.78, 5) is 38.3. The maximum absolute atomic E-state index is 15.2. The number of aromatic carboxylic acids is 1. The van der Waals surface area contributed by atoms with E-state index < -0.39 is 22.8 Å². The fourth-order valence-electron chi connectivity index (χ4n) is 4.41. The van der Waals surface area contributed by atoms with E-state index in [4.69, 9.17) is 11.6 Å². The Bertz CT molecular complexity index is 1320. The number of carbonyl (C=O) groups excluding carboxylic acids is 1. The number of nitrogens with one attached hydrogen (secondary N) is 1. The number of hydrogen-bond acceptors (Lipinski definition) is 5. The van der Waals surface area contributed by atoms with Crippen LogP contribution in [-0.4, -0.2) is 50.5 Å². The lowest BCUT2D eigenvalue weighted by molar-refractivity contribution is -0.122. The third kappa shape index (κ3) is 3.95. The molecule has 0 bridgehead atoms. The highest BCUT2D eigenvalue weighted by Crippen LogP contribution is 2.42. The van der Waals surface area contributed by atoms with Crippen molar-refractivity contribution in [3.63, 3.8) is 0 Å². The van der Waals surface area contributed by atoms with Gasteiger partial charge in [-0.25, -0.2) is 9.18 Å². The van der Waals surface area contributed by atoms with Gasteiger partial charge in [-0.2, -0.15) is 5.10 Å². The Labute approximate surface area is 192 Å². The van der Waals surface area contributed by atoms with E-state index in [9.17, 15) is 19.5 Å². The number of anilines is 1. The molecule has 33 heavy (non-hydrogen) atoms. The fourth-order valence-corrected chi connectivity index (χ4v) is 4.82. The molecule has 1 aromatic carbocycles. The molecule has 1 saturated heterocycles. The Morgan fingerprint density at radius 2 is 2.09 bits per heavy atom. The number of benzene rings is 1. The highest BCUT2D eigenvalue weighted by molar-refractivity contribution is 6.38. The van der Waals surface area contributed by atoms with Crippen LogP contribution in [-0.2, 0) is 11.3 Å². The topological polar surface area (TPSA) is 109 Å². The minimum Gasteiger partial charge on any atom is -0.477 e. The molecule has 0 radical (unpaired) electrons. The fraction of sp³-hybridized carbons (Fsp3) is 0.364. The summed E-state index contributed by atoms with van der Waals surface area (Å²) in [5, 5.41) is 16.4. The molecule has 1 aliphatic heterocycles. The number of carboxylic acid groups (broad SMARTS) is 1. The lowest BCUT2D eigenvalue weighted by Crippen LogP contribution is -2.39. The van der Waals surface area contributed by atoms with E-state index in [1.54, 1.807) is 27.9 Å². The molecule has 11 heteroatoms. The molecule has 9 nitrogen and oxygen atoms in total. The van der Waals surface area contributed by atoms with Gasteiger partial charge in [-0.15, -0.1) is 0 Å². The summed E-state index contributed by atoms with van der Waals surface area (Å²) in [6.07, 6.45) is 6.85. The number of fused-ring (bicyclic) bond motifs is 1. The van der Waals surface area contributed by atoms with Crippen molar-refractivity contribution < 1.29 is 19.1 Å². The summed E-state index contributed by atoms with van der Waals surface area (Å²) in [5.74, 6) is -2.25. The summed E-state index contributed by atoms with van der Waals surface area (Å²) in [6, 6.07) is 2.64.